The van der Waals surface area contributed by atoms with E-state index in [0.29, 0.717) is 19.6 Å². The van der Waals surface area contributed by atoms with Crippen LogP contribution in [-0.2, 0) is 11.2 Å². The van der Waals surface area contributed by atoms with Crippen LogP contribution in [0.25, 0.3) is 0 Å². The predicted octanol–water partition coefficient (Wildman–Crippen LogP) is 2.58. The third kappa shape index (κ3) is 5.01. The van der Waals surface area contributed by atoms with Crippen molar-refractivity contribution in [2.24, 2.45) is 0 Å². The van der Waals surface area contributed by atoms with E-state index < -0.39 is 0 Å². The van der Waals surface area contributed by atoms with Crippen LogP contribution in [0.1, 0.15) is 17.1 Å². The summed E-state index contributed by atoms with van der Waals surface area (Å²) in [5.74, 6) is 0.799. The van der Waals surface area contributed by atoms with Crippen molar-refractivity contribution in [1.82, 2.24) is 10.3 Å². The van der Waals surface area contributed by atoms with Crippen molar-refractivity contribution in [3.8, 4) is 5.75 Å². The standard InChI is InChI=1S/C15H18N2O2S/c1-12-11-20-15(17-12)7-9-16-14(18)8-10-19-13-5-3-2-4-6-13/h2-6,11H,7-10H2,1H3,(H,16,18). The Balaban J connectivity index is 1.59. The van der Waals surface area contributed by atoms with Crippen LogP contribution in [0.5, 0.6) is 5.75 Å². The molecule has 0 unspecified atom stereocenters. The van der Waals surface area contributed by atoms with Crippen LogP contribution in [0.3, 0.4) is 0 Å². The number of nitrogens with one attached hydrogen (secondary N) is 1. The van der Waals surface area contributed by atoms with Crippen LogP contribution < -0.4 is 10.1 Å². The quantitative estimate of drug-likeness (QED) is 0.852. The topological polar surface area (TPSA) is 51.2 Å². The van der Waals surface area contributed by atoms with E-state index in [2.05, 4.69) is 10.3 Å². The highest BCUT2D eigenvalue weighted by Gasteiger charge is 2.03. The van der Waals surface area contributed by atoms with E-state index >= 15 is 0 Å². The number of carbonyl (C=O) groups is 1. The first kappa shape index (κ1) is 14.5. The van der Waals surface area contributed by atoms with Gasteiger partial charge in [-0.25, -0.2) is 4.98 Å². The van der Waals surface area contributed by atoms with Gasteiger partial charge in [-0.3, -0.25) is 4.79 Å². The third-order valence-corrected chi connectivity index (χ3v) is 3.70. The van der Waals surface area contributed by atoms with E-state index in [-0.39, 0.29) is 5.91 Å². The molecule has 2 aromatic rings. The molecule has 0 saturated heterocycles. The number of benzene rings is 1. The van der Waals surface area contributed by atoms with Crippen LogP contribution in [-0.4, -0.2) is 24.0 Å². The molecule has 20 heavy (non-hydrogen) atoms. The Morgan fingerprint density at radius 2 is 2.15 bits per heavy atom. The molecule has 1 amide bonds. The summed E-state index contributed by atoms with van der Waals surface area (Å²) in [6.45, 7) is 2.99. The van der Waals surface area contributed by atoms with Gasteiger partial charge in [-0.05, 0) is 19.1 Å². The average molecular weight is 290 g/mol. The minimum absolute atomic E-state index is 0.00853. The molecule has 0 aliphatic rings. The molecular formula is C15H18N2O2S. The van der Waals surface area contributed by atoms with Crippen molar-refractivity contribution >= 4 is 17.2 Å². The molecule has 106 valence electrons. The second-order valence-electron chi connectivity index (χ2n) is 4.39. The number of aromatic nitrogens is 1. The molecule has 0 radical (unpaired) electrons. The van der Waals surface area contributed by atoms with Crippen LogP contribution in [0, 0.1) is 6.92 Å². The van der Waals surface area contributed by atoms with Gasteiger partial charge in [0.1, 0.15) is 5.75 Å². The number of carbonyl (C=O) groups excluding carboxylic acids is 1. The fourth-order valence-electron chi connectivity index (χ4n) is 1.69. The summed E-state index contributed by atoms with van der Waals surface area (Å²) >= 11 is 1.63. The molecule has 0 saturated carbocycles. The zero-order chi connectivity index (χ0) is 14.2. The highest BCUT2D eigenvalue weighted by molar-refractivity contribution is 7.09. The Labute approximate surface area is 122 Å². The Kier molecular flexibility index (Phi) is 5.55. The molecule has 2 rings (SSSR count). The van der Waals surface area contributed by atoms with Gasteiger partial charge in [0.05, 0.1) is 18.0 Å². The molecule has 4 nitrogen and oxygen atoms in total. The zero-order valence-electron chi connectivity index (χ0n) is 11.5. The minimum Gasteiger partial charge on any atom is -0.493 e. The highest BCUT2D eigenvalue weighted by atomic mass is 32.1. The highest BCUT2D eigenvalue weighted by Crippen LogP contribution is 2.09. The lowest BCUT2D eigenvalue weighted by atomic mass is 10.3. The first-order chi connectivity index (χ1) is 9.74. The van der Waals surface area contributed by atoms with E-state index in [0.717, 1.165) is 22.9 Å². The maximum atomic E-state index is 11.6. The summed E-state index contributed by atoms with van der Waals surface area (Å²) in [4.78, 5) is 16.0. The average Bonchev–Trinajstić information content (AvgIpc) is 2.86. The predicted molar refractivity (Wildman–Crippen MR) is 80.1 cm³/mol. The van der Waals surface area contributed by atoms with Crippen LogP contribution in [0.2, 0.25) is 0 Å². The minimum atomic E-state index is 0.00853. The van der Waals surface area contributed by atoms with Crippen molar-refractivity contribution in [2.75, 3.05) is 13.2 Å². The summed E-state index contributed by atoms with van der Waals surface area (Å²) in [6, 6.07) is 9.50. The van der Waals surface area contributed by atoms with Gasteiger partial charge in [0.2, 0.25) is 5.91 Å². The Morgan fingerprint density at radius 1 is 1.35 bits per heavy atom. The van der Waals surface area contributed by atoms with E-state index in [4.69, 9.17) is 4.74 Å². The van der Waals surface area contributed by atoms with Gasteiger partial charge in [0.15, 0.2) is 0 Å². The van der Waals surface area contributed by atoms with Gasteiger partial charge in [-0.2, -0.15) is 0 Å². The summed E-state index contributed by atoms with van der Waals surface area (Å²) in [5, 5.41) is 5.95. The smallest absolute Gasteiger partial charge is 0.223 e. The normalized spacial score (nSPS) is 10.2. The number of aryl methyl sites for hydroxylation is 1. The fourth-order valence-corrected chi connectivity index (χ4v) is 2.47. The molecule has 0 bridgehead atoms. The Hall–Kier alpha value is -1.88. The van der Waals surface area contributed by atoms with Gasteiger partial charge in [-0.1, -0.05) is 18.2 Å². The van der Waals surface area contributed by atoms with Crippen LogP contribution >= 0.6 is 11.3 Å². The number of hydrogen-bond donors (Lipinski definition) is 1. The van der Waals surface area contributed by atoms with Gasteiger partial charge in [-0.15, -0.1) is 11.3 Å². The number of amides is 1. The molecular weight excluding hydrogens is 272 g/mol. The van der Waals surface area contributed by atoms with Gasteiger partial charge in [0, 0.05) is 24.0 Å². The lowest BCUT2D eigenvalue weighted by Gasteiger charge is -2.06. The van der Waals surface area contributed by atoms with E-state index in [1.165, 1.54) is 0 Å². The van der Waals surface area contributed by atoms with Crippen molar-refractivity contribution in [1.29, 1.82) is 0 Å². The summed E-state index contributed by atoms with van der Waals surface area (Å²) in [7, 11) is 0. The van der Waals surface area contributed by atoms with Crippen molar-refractivity contribution in [2.45, 2.75) is 19.8 Å². The SMILES string of the molecule is Cc1csc(CCNC(=O)CCOc2ccccc2)n1. The summed E-state index contributed by atoms with van der Waals surface area (Å²) in [5.41, 5.74) is 1.03. The molecule has 0 aliphatic carbocycles. The number of thiazole rings is 1. The van der Waals surface area contributed by atoms with Crippen LogP contribution in [0.15, 0.2) is 35.7 Å². The molecule has 1 N–H and O–H groups in total. The second-order valence-corrected chi connectivity index (χ2v) is 5.34. The molecule has 0 aliphatic heterocycles. The van der Waals surface area contributed by atoms with Gasteiger partial charge < -0.3 is 10.1 Å². The van der Waals surface area contributed by atoms with Crippen molar-refractivity contribution in [3.05, 3.63) is 46.4 Å². The van der Waals surface area contributed by atoms with Crippen molar-refractivity contribution in [3.63, 3.8) is 0 Å². The molecule has 0 fully saturated rings. The first-order valence-electron chi connectivity index (χ1n) is 6.59. The van der Waals surface area contributed by atoms with E-state index in [1.807, 2.05) is 42.6 Å². The number of nitrogens with zero attached hydrogens (tertiary/aromatic N) is 1. The third-order valence-electron chi connectivity index (χ3n) is 2.67. The molecule has 5 heteroatoms. The number of rotatable bonds is 7. The molecule has 0 atom stereocenters. The number of ether oxygens (including phenoxy) is 1. The van der Waals surface area contributed by atoms with Crippen molar-refractivity contribution < 1.29 is 9.53 Å². The summed E-state index contributed by atoms with van der Waals surface area (Å²) in [6.07, 6.45) is 1.15. The van der Waals surface area contributed by atoms with Gasteiger partial charge in [0.25, 0.3) is 0 Å². The maximum Gasteiger partial charge on any atom is 0.223 e. The fraction of sp³-hybridized carbons (Fsp3) is 0.333. The molecule has 1 aromatic heterocycles. The molecule has 1 heterocycles. The monoisotopic (exact) mass is 290 g/mol. The number of hydrogen-bond acceptors (Lipinski definition) is 4. The lowest BCUT2D eigenvalue weighted by molar-refractivity contribution is -0.121. The van der Waals surface area contributed by atoms with Gasteiger partial charge >= 0.3 is 0 Å². The Morgan fingerprint density at radius 3 is 2.85 bits per heavy atom. The Bertz CT molecular complexity index is 540. The van der Waals surface area contributed by atoms with Crippen LogP contribution in [0.4, 0.5) is 0 Å². The zero-order valence-corrected chi connectivity index (χ0v) is 12.3. The first-order valence-corrected chi connectivity index (χ1v) is 7.47. The summed E-state index contributed by atoms with van der Waals surface area (Å²) < 4.78 is 5.47. The molecule has 0 spiro atoms. The van der Waals surface area contributed by atoms with E-state index in [9.17, 15) is 4.79 Å². The lowest BCUT2D eigenvalue weighted by Crippen LogP contribution is -2.27. The maximum absolute atomic E-state index is 11.6. The molecule has 1 aromatic carbocycles. The number of para-hydroxylation sites is 1. The largest absolute Gasteiger partial charge is 0.493 e. The second kappa shape index (κ2) is 7.65. The van der Waals surface area contributed by atoms with E-state index in [1.54, 1.807) is 11.3 Å².